The van der Waals surface area contributed by atoms with Crippen LogP contribution in [0.4, 0.5) is 23.7 Å². The quantitative estimate of drug-likeness (QED) is 0.423. The van der Waals surface area contributed by atoms with Crippen LogP contribution < -0.4 is 15.5 Å². The molecule has 1 heterocycles. The fourth-order valence-corrected chi connectivity index (χ4v) is 4.46. The minimum absolute atomic E-state index is 0.0261. The second-order valence-electron chi connectivity index (χ2n) is 8.74. The number of nitrogens with zero attached hydrogens (tertiary/aromatic N) is 2. The molecule has 216 valence electrons. The molecule has 2 amide bonds. The van der Waals surface area contributed by atoms with Crippen molar-refractivity contribution in [3.8, 4) is 6.07 Å². The summed E-state index contributed by atoms with van der Waals surface area (Å²) in [6.45, 7) is 6.40. The highest BCUT2D eigenvalue weighted by Gasteiger charge is 2.43. The van der Waals surface area contributed by atoms with Crippen LogP contribution in [0.5, 0.6) is 0 Å². The van der Waals surface area contributed by atoms with E-state index >= 15 is 0 Å². The molecule has 1 atom stereocenters. The van der Waals surface area contributed by atoms with Crippen LogP contribution in [-0.2, 0) is 25.2 Å². The van der Waals surface area contributed by atoms with Crippen molar-refractivity contribution in [2.45, 2.75) is 39.8 Å². The lowest BCUT2D eigenvalue weighted by Gasteiger charge is -2.39. The number of anilines is 1. The third-order valence-electron chi connectivity index (χ3n) is 6.15. The SMILES string of the molecule is CCNC(=O)NC1=C(C(=O)OCC)C(c2ccc(C#N)cc2)C(C(=O)OCC)=C(C)N1c1cccc(C(F)(F)F)c1. The number of allylic oxidation sites excluding steroid dienone is 1. The van der Waals surface area contributed by atoms with E-state index in [4.69, 9.17) is 9.47 Å². The molecule has 1 unspecified atom stereocenters. The highest BCUT2D eigenvalue weighted by molar-refractivity contribution is 6.02. The first-order valence-electron chi connectivity index (χ1n) is 12.8. The molecule has 9 nitrogen and oxygen atoms in total. The first-order valence-corrected chi connectivity index (χ1v) is 12.8. The fraction of sp³-hybridized carbons (Fsp3) is 0.310. The number of carbonyl (C=O) groups is 3. The van der Waals surface area contributed by atoms with Gasteiger partial charge in [-0.05, 0) is 63.6 Å². The molecule has 1 aliphatic rings. The topological polar surface area (TPSA) is 121 Å². The normalized spacial score (nSPS) is 15.3. The van der Waals surface area contributed by atoms with Crippen LogP contribution in [0.1, 0.15) is 50.3 Å². The molecule has 2 N–H and O–H groups in total. The van der Waals surface area contributed by atoms with Crippen LogP contribution >= 0.6 is 0 Å². The summed E-state index contributed by atoms with van der Waals surface area (Å²) in [5.74, 6) is -3.11. The zero-order valence-corrected chi connectivity index (χ0v) is 22.9. The molecule has 0 spiro atoms. The number of alkyl halides is 3. The van der Waals surface area contributed by atoms with Gasteiger partial charge in [-0.25, -0.2) is 14.4 Å². The first-order chi connectivity index (χ1) is 19.5. The minimum atomic E-state index is -4.70. The van der Waals surface area contributed by atoms with Gasteiger partial charge in [0.1, 0.15) is 5.82 Å². The van der Waals surface area contributed by atoms with Gasteiger partial charge in [-0.1, -0.05) is 18.2 Å². The number of nitrogens with one attached hydrogen (secondary N) is 2. The van der Waals surface area contributed by atoms with Crippen molar-refractivity contribution in [3.63, 3.8) is 0 Å². The third-order valence-corrected chi connectivity index (χ3v) is 6.15. The maximum atomic E-state index is 13.7. The molecule has 0 bridgehead atoms. The summed E-state index contributed by atoms with van der Waals surface area (Å²) in [7, 11) is 0. The van der Waals surface area contributed by atoms with E-state index in [1.807, 2.05) is 6.07 Å². The van der Waals surface area contributed by atoms with E-state index in [9.17, 15) is 32.8 Å². The van der Waals surface area contributed by atoms with E-state index in [0.717, 1.165) is 12.1 Å². The number of benzene rings is 2. The van der Waals surface area contributed by atoms with Crippen molar-refractivity contribution in [1.29, 1.82) is 5.26 Å². The Labute approximate surface area is 235 Å². The molecule has 0 radical (unpaired) electrons. The van der Waals surface area contributed by atoms with Crippen LogP contribution in [0.2, 0.25) is 0 Å². The Hall–Kier alpha value is -4.79. The van der Waals surface area contributed by atoms with Crippen molar-refractivity contribution in [3.05, 3.63) is 87.9 Å². The lowest BCUT2D eigenvalue weighted by atomic mass is 9.80. The van der Waals surface area contributed by atoms with Gasteiger partial charge >= 0.3 is 24.1 Å². The molecule has 2 aromatic rings. The highest BCUT2D eigenvalue weighted by atomic mass is 19.4. The molecule has 0 saturated heterocycles. The van der Waals surface area contributed by atoms with Gasteiger partial charge in [0.05, 0.1) is 47.5 Å². The van der Waals surface area contributed by atoms with Gasteiger partial charge in [-0.3, -0.25) is 10.2 Å². The number of esters is 2. The average molecular weight is 571 g/mol. The molecule has 12 heteroatoms. The molecule has 2 aromatic carbocycles. The molecule has 0 saturated carbocycles. The second-order valence-corrected chi connectivity index (χ2v) is 8.74. The summed E-state index contributed by atoms with van der Waals surface area (Å²) in [4.78, 5) is 41.1. The lowest BCUT2D eigenvalue weighted by molar-refractivity contribution is -0.140. The monoisotopic (exact) mass is 570 g/mol. The Bertz CT molecular complexity index is 1430. The summed E-state index contributed by atoms with van der Waals surface area (Å²) in [5, 5.41) is 14.4. The highest BCUT2D eigenvalue weighted by Crippen LogP contribution is 2.45. The summed E-state index contributed by atoms with van der Waals surface area (Å²) >= 11 is 0. The van der Waals surface area contributed by atoms with E-state index in [0.29, 0.717) is 11.1 Å². The van der Waals surface area contributed by atoms with E-state index in [2.05, 4.69) is 10.6 Å². The molecule has 0 fully saturated rings. The van der Waals surface area contributed by atoms with E-state index in [-0.39, 0.29) is 48.1 Å². The Morgan fingerprint density at radius 3 is 2.12 bits per heavy atom. The maximum absolute atomic E-state index is 13.7. The van der Waals surface area contributed by atoms with Gasteiger partial charge in [0.15, 0.2) is 0 Å². The maximum Gasteiger partial charge on any atom is 0.416 e. The molecule has 0 aromatic heterocycles. The van der Waals surface area contributed by atoms with Gasteiger partial charge in [0, 0.05) is 17.9 Å². The van der Waals surface area contributed by atoms with Crippen LogP contribution in [0, 0.1) is 11.3 Å². The van der Waals surface area contributed by atoms with Crippen LogP contribution in [0.25, 0.3) is 0 Å². The number of amides is 2. The number of hydrogen-bond donors (Lipinski definition) is 2. The van der Waals surface area contributed by atoms with Gasteiger partial charge in [0.2, 0.25) is 0 Å². The summed E-state index contributed by atoms with van der Waals surface area (Å²) in [6, 6.07) is 11.6. The minimum Gasteiger partial charge on any atom is -0.463 e. The number of rotatable bonds is 8. The van der Waals surface area contributed by atoms with Gasteiger partial charge < -0.3 is 14.8 Å². The molecule has 3 rings (SSSR count). The Morgan fingerprint density at radius 1 is 0.976 bits per heavy atom. The van der Waals surface area contributed by atoms with E-state index < -0.39 is 35.6 Å². The van der Waals surface area contributed by atoms with Gasteiger partial charge in [-0.15, -0.1) is 0 Å². The molecular weight excluding hydrogens is 541 g/mol. The number of nitriles is 1. The Balaban J connectivity index is 2.46. The molecule has 41 heavy (non-hydrogen) atoms. The lowest BCUT2D eigenvalue weighted by Crippen LogP contribution is -2.46. The second kappa shape index (κ2) is 13.0. The number of carbonyl (C=O) groups excluding carboxylic acids is 3. The van der Waals surface area contributed by atoms with Crippen LogP contribution in [-0.4, -0.2) is 37.7 Å². The van der Waals surface area contributed by atoms with Crippen molar-refractivity contribution >= 4 is 23.7 Å². The Kier molecular flexibility index (Phi) is 9.78. The molecule has 0 aliphatic carbocycles. The van der Waals surface area contributed by atoms with Crippen molar-refractivity contribution in [2.24, 2.45) is 0 Å². The number of ether oxygens (including phenoxy) is 2. The summed E-state index contributed by atoms with van der Waals surface area (Å²) < 4.78 is 51.8. The zero-order valence-electron chi connectivity index (χ0n) is 22.9. The summed E-state index contributed by atoms with van der Waals surface area (Å²) in [5.41, 5.74) is -0.524. The van der Waals surface area contributed by atoms with Crippen LogP contribution in [0.15, 0.2) is 71.2 Å². The third kappa shape index (κ3) is 6.69. The average Bonchev–Trinajstić information content (AvgIpc) is 2.92. The van der Waals surface area contributed by atoms with Crippen LogP contribution in [0.3, 0.4) is 0 Å². The standard InChI is InChI=1S/C29H29F3N4O5/c1-5-34-28(39)35-25-24(27(38)41-7-3)23(19-13-11-18(16-33)12-14-19)22(26(37)40-6-2)17(4)36(25)21-10-8-9-20(15-21)29(30,31)32/h8-15,23H,5-7H2,1-4H3,(H2,34,35,39). The predicted molar refractivity (Wildman–Crippen MR) is 143 cm³/mol. The smallest absolute Gasteiger partial charge is 0.416 e. The summed E-state index contributed by atoms with van der Waals surface area (Å²) in [6.07, 6.45) is -4.70. The number of urea groups is 1. The van der Waals surface area contributed by atoms with Gasteiger partial charge in [0.25, 0.3) is 0 Å². The molecular formula is C29H29F3N4O5. The zero-order chi connectivity index (χ0) is 30.3. The molecule has 1 aliphatic heterocycles. The van der Waals surface area contributed by atoms with E-state index in [1.54, 1.807) is 32.9 Å². The van der Waals surface area contributed by atoms with E-state index in [1.165, 1.54) is 36.1 Å². The first kappa shape index (κ1) is 30.7. The largest absolute Gasteiger partial charge is 0.463 e. The number of halogens is 3. The van der Waals surface area contributed by atoms with Crippen molar-refractivity contribution < 1.29 is 37.0 Å². The number of hydrogen-bond acceptors (Lipinski definition) is 7. The van der Waals surface area contributed by atoms with Crippen molar-refractivity contribution in [2.75, 3.05) is 24.7 Å². The fourth-order valence-electron chi connectivity index (χ4n) is 4.46. The van der Waals surface area contributed by atoms with Crippen molar-refractivity contribution in [1.82, 2.24) is 10.6 Å². The Morgan fingerprint density at radius 2 is 1.59 bits per heavy atom. The predicted octanol–water partition coefficient (Wildman–Crippen LogP) is 5.11. The van der Waals surface area contributed by atoms with Gasteiger partial charge in [-0.2, -0.15) is 18.4 Å².